The van der Waals surface area contributed by atoms with E-state index in [9.17, 15) is 29.4 Å². The Labute approximate surface area is 607 Å². The number of unbranched alkanes of at least 4 members (excludes halogenated alkanes) is 7. The molecule has 2 unspecified atom stereocenters. The molecule has 5 atom stereocenters. The summed E-state index contributed by atoms with van der Waals surface area (Å²) in [6, 6.07) is 19.9. The van der Waals surface area contributed by atoms with Crippen LogP contribution in [-0.4, -0.2) is 158 Å². The fourth-order valence-corrected chi connectivity index (χ4v) is 19.1. The topological polar surface area (TPSA) is 277 Å². The van der Waals surface area contributed by atoms with Gasteiger partial charge in [-0.05, 0) is 181 Å². The number of aliphatic hydroxyl groups excluding tert-OH is 1. The molecule has 8 aromatic rings. The van der Waals surface area contributed by atoms with Gasteiger partial charge in [-0.25, -0.2) is 19.7 Å². The van der Waals surface area contributed by atoms with Crippen molar-refractivity contribution in [3.05, 3.63) is 119 Å². The molecule has 544 valence electrons. The van der Waals surface area contributed by atoms with Crippen LogP contribution in [0.25, 0.3) is 31.8 Å². The molecule has 3 amide bonds. The Hall–Kier alpha value is -8.10. The molecule has 6 aromatic heterocycles. The van der Waals surface area contributed by atoms with E-state index in [1.54, 1.807) is 22.7 Å². The largest absolute Gasteiger partial charge is 0.476 e. The van der Waals surface area contributed by atoms with Crippen LogP contribution in [0.4, 0.5) is 22.6 Å². The normalized spacial score (nSPS) is 21.9. The number of nitrogens with one attached hydrogen (secondary N) is 3. The first kappa shape index (κ1) is 73.6. The Morgan fingerprint density at radius 3 is 2.27 bits per heavy atom. The zero-order chi connectivity index (χ0) is 72.1. The first-order chi connectivity index (χ1) is 48.7. The average Bonchev–Trinajstić information content (AvgIpc) is 1.24. The van der Waals surface area contributed by atoms with Gasteiger partial charge in [-0.3, -0.25) is 23.7 Å². The van der Waals surface area contributed by atoms with Crippen LogP contribution in [-0.2, 0) is 45.2 Å². The van der Waals surface area contributed by atoms with Gasteiger partial charge >= 0.3 is 5.97 Å². The predicted molar refractivity (Wildman–Crippen MR) is 399 cm³/mol. The maximum absolute atomic E-state index is 14.2. The molecule has 13 rings (SSSR count). The van der Waals surface area contributed by atoms with Crippen LogP contribution in [0, 0.1) is 42.4 Å². The van der Waals surface area contributed by atoms with Crippen LogP contribution >= 0.6 is 22.7 Å². The summed E-state index contributed by atoms with van der Waals surface area (Å²) in [6.07, 6.45) is 18.8. The fraction of sp³-hybridized carbons (Fsp3) is 0.558. The summed E-state index contributed by atoms with van der Waals surface area (Å²) in [5.74, 6) is -0.468. The van der Waals surface area contributed by atoms with Crippen molar-refractivity contribution in [3.8, 4) is 21.6 Å². The number of carboxylic acid groups (broad SMARTS) is 1. The number of para-hydroxylation sites is 1. The summed E-state index contributed by atoms with van der Waals surface area (Å²) in [5.41, 5.74) is 9.18. The molecule has 2 aromatic carbocycles. The Balaban J connectivity index is 0.612. The van der Waals surface area contributed by atoms with Crippen LogP contribution in [0.15, 0.2) is 84.6 Å². The van der Waals surface area contributed by atoms with Gasteiger partial charge in [0.05, 0.1) is 56.5 Å². The van der Waals surface area contributed by atoms with E-state index in [0.29, 0.717) is 54.3 Å². The lowest BCUT2D eigenvalue weighted by Gasteiger charge is -2.69. The molecule has 1 saturated heterocycles. The van der Waals surface area contributed by atoms with E-state index >= 15 is 0 Å². The Bertz CT molecular complexity index is 4220. The predicted octanol–water partition coefficient (Wildman–Crippen LogP) is 13.2. The molecule has 5 aliphatic rings. The van der Waals surface area contributed by atoms with Crippen LogP contribution in [0.2, 0.25) is 0 Å². The summed E-state index contributed by atoms with van der Waals surface area (Å²) in [4.78, 5) is 75.4. The third-order valence-corrected chi connectivity index (χ3v) is 23.2. The number of likely N-dealkylation sites (tertiary alicyclic amines) is 1. The zero-order valence-corrected chi connectivity index (χ0v) is 62.7. The van der Waals surface area contributed by atoms with Crippen molar-refractivity contribution in [2.75, 3.05) is 50.6 Å². The zero-order valence-electron chi connectivity index (χ0n) is 61.1. The number of fused-ring (bicyclic) bond motifs is 1. The van der Waals surface area contributed by atoms with Crippen LogP contribution < -0.4 is 20.9 Å². The van der Waals surface area contributed by atoms with Crippen molar-refractivity contribution in [2.45, 2.75) is 214 Å². The SMILES string of the molecule is Cc1cc(N(CCCCCn2cc(CCCCCCCCC(=O)N[C@H](C(=O)N3C[C@H](O)C[C@H]3C(=O)NCc3ccc(-c4scnc4C)cc3)C(C)(C)C)nn2)c2ccc(-c3cnn(CC45CC6(C)CC(C)(C4)CC(OCCN(C)C)(C6)C5)c3C)c(C(=O)O)n2)nnc1Nc1nc2ccccc2s1. The smallest absolute Gasteiger partial charge is 0.355 e. The Morgan fingerprint density at radius 2 is 1.56 bits per heavy atom. The molecule has 4 saturated carbocycles. The van der Waals surface area contributed by atoms with Crippen molar-refractivity contribution in [2.24, 2.45) is 21.7 Å². The first-order valence-electron chi connectivity index (χ1n) is 36.5. The number of β-amino-alcohol motifs (C(OH)–C–C–N with tert-alkyl or cyclic N) is 1. The van der Waals surface area contributed by atoms with Crippen LogP contribution in [0.5, 0.6) is 0 Å². The second-order valence-electron chi connectivity index (χ2n) is 31.8. The highest BCUT2D eigenvalue weighted by Gasteiger charge is 2.66. The molecule has 5 N–H and O–H groups in total. The summed E-state index contributed by atoms with van der Waals surface area (Å²) in [5, 5.41) is 55.1. The van der Waals surface area contributed by atoms with Gasteiger partial charge in [-0.1, -0.05) is 113 Å². The van der Waals surface area contributed by atoms with Crippen molar-refractivity contribution in [3.63, 3.8) is 0 Å². The minimum absolute atomic E-state index is 0.0131. The van der Waals surface area contributed by atoms with Gasteiger partial charge in [0.2, 0.25) is 17.7 Å². The number of aryl methyl sites for hydroxylation is 4. The number of amides is 3. The maximum Gasteiger partial charge on any atom is 0.355 e. The van der Waals surface area contributed by atoms with Gasteiger partial charge in [-0.2, -0.15) is 5.10 Å². The molecule has 0 radical (unpaired) electrons. The second kappa shape index (κ2) is 31.1. The Kier molecular flexibility index (Phi) is 22.4. The highest BCUT2D eigenvalue weighted by atomic mass is 32.1. The van der Waals surface area contributed by atoms with Gasteiger partial charge in [0.1, 0.15) is 17.9 Å². The summed E-state index contributed by atoms with van der Waals surface area (Å²) < 4.78 is 12.0. The van der Waals surface area contributed by atoms with Gasteiger partial charge < -0.3 is 45.6 Å². The maximum atomic E-state index is 14.2. The molecule has 1 aliphatic heterocycles. The van der Waals surface area contributed by atoms with Gasteiger partial charge in [-0.15, -0.1) is 26.6 Å². The summed E-state index contributed by atoms with van der Waals surface area (Å²) >= 11 is 3.12. The standard InChI is InChI=1S/C77H102N16O7S2/c1-50-36-63(86-87-68(50)84-72-81-59-23-18-19-24-61(59)102-72)91(62-31-30-57(65(82-62)71(98)99)58-39-80-93(52(58)3)48-76-43-74(7)42-75(8,44-76)46-77(45-74,47-76)100-35-34-89(9)10)33-21-15-20-32-90-40-55(85-88-90)22-16-13-11-12-14-17-25-64(95)83-67(73(4,5)6)70(97)92-41-56(94)37-60(92)69(96)78-38-53-26-28-54(29-27-53)66-51(2)79-49-101-66/h18-19,23-24,26-31,36,39-40,49,56,60,67,94H,11-17,20-22,25,32-35,37-38,41-48H2,1-10H3,(H,78,96)(H,83,95)(H,98,99)(H,81,84,87)/t56-,60+,67-,74?,75?,76?,77?/m1/s1. The third-order valence-electron chi connectivity index (χ3n) is 21.3. The van der Waals surface area contributed by atoms with E-state index in [4.69, 9.17) is 24.9 Å². The lowest BCUT2D eigenvalue weighted by atomic mass is 9.39. The number of pyridine rings is 1. The number of aromatic carboxylic acids is 1. The minimum Gasteiger partial charge on any atom is -0.476 e. The molecule has 4 bridgehead atoms. The molecular weight excluding hydrogens is 1330 g/mol. The number of aliphatic hydroxyl groups is 1. The number of carboxylic acids is 1. The number of carbonyl (C=O) groups is 4. The number of hydrogen-bond donors (Lipinski definition) is 5. The number of hydrogen-bond acceptors (Lipinski definition) is 19. The van der Waals surface area contributed by atoms with E-state index in [1.807, 2.05) is 129 Å². The number of aromatic nitrogens is 10. The first-order valence-corrected chi connectivity index (χ1v) is 38.2. The van der Waals surface area contributed by atoms with Crippen molar-refractivity contribution in [1.82, 2.24) is 70.4 Å². The molecule has 25 heteroatoms. The monoisotopic (exact) mass is 1430 g/mol. The van der Waals surface area contributed by atoms with Gasteiger partial charge in [0.15, 0.2) is 22.5 Å². The number of anilines is 4. The minimum atomic E-state index is -1.13. The molecule has 5 fully saturated rings. The fourth-order valence-electron chi connectivity index (χ4n) is 17.5. The van der Waals surface area contributed by atoms with E-state index in [2.05, 4.69) is 80.8 Å². The lowest BCUT2D eigenvalue weighted by molar-refractivity contribution is -0.248. The number of ether oxygens (including phenoxy) is 1. The average molecular weight is 1430 g/mol. The molecule has 23 nitrogen and oxygen atoms in total. The lowest BCUT2D eigenvalue weighted by Crippen LogP contribution is -2.64. The van der Waals surface area contributed by atoms with E-state index in [-0.39, 0.29) is 71.2 Å². The summed E-state index contributed by atoms with van der Waals surface area (Å²) in [6.45, 7) is 20.5. The number of rotatable bonds is 33. The molecule has 7 heterocycles. The van der Waals surface area contributed by atoms with E-state index in [1.165, 1.54) is 11.3 Å². The van der Waals surface area contributed by atoms with Crippen LogP contribution in [0.3, 0.4) is 0 Å². The molecule has 102 heavy (non-hydrogen) atoms. The van der Waals surface area contributed by atoms with Crippen molar-refractivity contribution in [1.29, 1.82) is 0 Å². The van der Waals surface area contributed by atoms with Crippen molar-refractivity contribution >= 4 is 79.2 Å². The van der Waals surface area contributed by atoms with E-state index in [0.717, 1.165) is 157 Å². The van der Waals surface area contributed by atoms with Gasteiger partial charge in [0.25, 0.3) is 0 Å². The number of carbonyl (C=O) groups excluding carboxylic acids is 3. The van der Waals surface area contributed by atoms with Crippen molar-refractivity contribution < 1.29 is 34.1 Å². The third kappa shape index (κ3) is 17.4. The molecule has 4 aliphatic carbocycles. The highest BCUT2D eigenvalue weighted by Crippen LogP contribution is 2.72. The number of benzene rings is 2. The van der Waals surface area contributed by atoms with Crippen LogP contribution in [0.1, 0.15) is 182 Å². The summed E-state index contributed by atoms with van der Waals surface area (Å²) in [7, 11) is 4.19. The number of thiazole rings is 2. The highest BCUT2D eigenvalue weighted by molar-refractivity contribution is 7.22. The Morgan fingerprint density at radius 1 is 0.814 bits per heavy atom. The van der Waals surface area contributed by atoms with Gasteiger partial charge in [0, 0.05) is 75.1 Å². The molecule has 0 spiro atoms. The van der Waals surface area contributed by atoms with E-state index < -0.39 is 29.6 Å². The quantitative estimate of drug-likeness (QED) is 0.0239. The number of likely N-dealkylation sites (N-methyl/N-ethyl adjacent to an activating group) is 1. The second-order valence-corrected chi connectivity index (χ2v) is 33.7. The number of nitrogens with zero attached hydrogens (tertiary/aromatic N) is 13. The molecular formula is C77H102N16O7S2.